The van der Waals surface area contributed by atoms with Gasteiger partial charge >= 0.3 is 0 Å². The number of imidazole rings is 1. The van der Waals surface area contributed by atoms with Crippen molar-refractivity contribution in [2.45, 2.75) is 79.4 Å². The monoisotopic (exact) mass is 1100 g/mol. The minimum absolute atomic E-state index is 0. The average Bonchev–Trinajstić information content (AvgIpc) is 4.09. The number of benzene rings is 7. The van der Waals surface area contributed by atoms with E-state index in [0.717, 1.165) is 66.8 Å². The maximum absolute atomic E-state index is 8.79. The van der Waals surface area contributed by atoms with Crippen LogP contribution in [0.25, 0.3) is 106 Å². The van der Waals surface area contributed by atoms with E-state index in [2.05, 4.69) is 112 Å². The van der Waals surface area contributed by atoms with Crippen LogP contribution in [0.3, 0.4) is 0 Å². The average molecular weight is 1100 g/mol. The Morgan fingerprint density at radius 2 is 1.40 bits per heavy atom. The first-order chi connectivity index (χ1) is 35.8. The van der Waals surface area contributed by atoms with Gasteiger partial charge in [0, 0.05) is 67.7 Å². The molecule has 1 radical (unpaired) electrons. The van der Waals surface area contributed by atoms with Crippen molar-refractivity contribution in [3.05, 3.63) is 186 Å². The molecule has 12 rings (SSSR count). The molecule has 7 aromatic carbocycles. The summed E-state index contributed by atoms with van der Waals surface area (Å²) < 4.78 is 67.4. The molecule has 5 aromatic heterocycles. The Morgan fingerprint density at radius 3 is 2.11 bits per heavy atom. The largest absolute Gasteiger partial charge is 0.499 e. The van der Waals surface area contributed by atoms with Crippen molar-refractivity contribution in [1.29, 1.82) is 0 Å². The third-order valence-corrected chi connectivity index (χ3v) is 12.9. The summed E-state index contributed by atoms with van der Waals surface area (Å²) in [5, 5.41) is 3.05. The van der Waals surface area contributed by atoms with Crippen LogP contribution in [-0.4, -0.2) is 24.5 Å². The summed E-state index contributed by atoms with van der Waals surface area (Å²) in [5.41, 5.74) is 9.94. The first kappa shape index (κ1) is 39.6. The van der Waals surface area contributed by atoms with Crippen LogP contribution >= 0.6 is 0 Å². The molecule has 70 heavy (non-hydrogen) atoms. The quantitative estimate of drug-likeness (QED) is 0.154. The zero-order valence-corrected chi connectivity index (χ0v) is 42.3. The van der Waals surface area contributed by atoms with Crippen molar-refractivity contribution >= 4 is 65.9 Å². The molecule has 7 nitrogen and oxygen atoms in total. The van der Waals surface area contributed by atoms with E-state index in [1.807, 2.05) is 79.0 Å². The summed E-state index contributed by atoms with van der Waals surface area (Å²) in [4.78, 5) is 19.1. The van der Waals surface area contributed by atoms with E-state index in [0.29, 0.717) is 27.7 Å². The summed E-state index contributed by atoms with van der Waals surface area (Å²) >= 11 is 0. The minimum Gasteiger partial charge on any atom is -0.499 e. The molecule has 0 fully saturated rings. The zero-order chi connectivity index (χ0) is 52.7. The third-order valence-electron chi connectivity index (χ3n) is 12.9. The fourth-order valence-corrected chi connectivity index (χ4v) is 9.42. The molecule has 0 unspecified atom stereocenters. The van der Waals surface area contributed by atoms with E-state index in [-0.39, 0.29) is 76.3 Å². The molecule has 0 spiro atoms. The van der Waals surface area contributed by atoms with Crippen LogP contribution in [0.1, 0.15) is 96.5 Å². The molecule has 349 valence electrons. The first-order valence-corrected chi connectivity index (χ1v) is 23.4. The molecule has 0 aliphatic rings. The minimum atomic E-state index is -2.69. The van der Waals surface area contributed by atoms with E-state index in [9.17, 15) is 0 Å². The molecule has 8 heteroatoms. The van der Waals surface area contributed by atoms with Gasteiger partial charge < -0.3 is 13.4 Å². The molecule has 0 aliphatic carbocycles. The van der Waals surface area contributed by atoms with Crippen molar-refractivity contribution in [3.63, 3.8) is 0 Å². The van der Waals surface area contributed by atoms with Gasteiger partial charge in [0.25, 0.3) is 0 Å². The normalized spacial score (nSPS) is 13.6. The van der Waals surface area contributed by atoms with E-state index in [1.54, 1.807) is 24.3 Å². The van der Waals surface area contributed by atoms with Crippen LogP contribution in [0.4, 0.5) is 0 Å². The number of furan rings is 2. The number of para-hydroxylation sites is 1. The Balaban J connectivity index is 0.000000331. The van der Waals surface area contributed by atoms with Gasteiger partial charge in [-0.3, -0.25) is 15.0 Å². The second-order valence-corrected chi connectivity index (χ2v) is 19.2. The Hall–Kier alpha value is -7.25. The smallest absolute Gasteiger partial charge is 0.228 e. The van der Waals surface area contributed by atoms with Crippen LogP contribution in [0.2, 0.25) is 0 Å². The summed E-state index contributed by atoms with van der Waals surface area (Å²) in [6.07, 6.45) is 1.81. The maximum atomic E-state index is 8.79. The maximum Gasteiger partial charge on any atom is 0.228 e. The molecule has 0 saturated heterocycles. The van der Waals surface area contributed by atoms with Gasteiger partial charge in [0.15, 0.2) is 0 Å². The number of nitrogens with zero attached hydrogens (tertiary/aromatic N) is 5. The Morgan fingerprint density at radius 1 is 0.671 bits per heavy atom. The van der Waals surface area contributed by atoms with Gasteiger partial charge in [0.05, 0.1) is 33.7 Å². The van der Waals surface area contributed by atoms with Crippen LogP contribution in [0.15, 0.2) is 155 Å². The molecular weight excluding hydrogens is 1040 g/mol. The van der Waals surface area contributed by atoms with E-state index >= 15 is 0 Å². The van der Waals surface area contributed by atoms with Gasteiger partial charge in [0.1, 0.15) is 16.7 Å². The second-order valence-electron chi connectivity index (χ2n) is 19.2. The first-order valence-electron chi connectivity index (χ1n) is 26.4. The molecule has 0 N–H and O–H groups in total. The molecule has 0 aliphatic heterocycles. The van der Waals surface area contributed by atoms with Gasteiger partial charge in [0.2, 0.25) is 5.71 Å². The van der Waals surface area contributed by atoms with Crippen LogP contribution in [-0.2, 0) is 25.5 Å². The van der Waals surface area contributed by atoms with Crippen LogP contribution in [0, 0.1) is 25.8 Å². The summed E-state index contributed by atoms with van der Waals surface area (Å²) in [6.45, 7) is 9.86. The van der Waals surface area contributed by atoms with E-state index in [1.165, 1.54) is 6.07 Å². The van der Waals surface area contributed by atoms with E-state index < -0.39 is 13.7 Å². The Bertz CT molecular complexity index is 4120. The number of aryl methyl sites for hydroxylation is 2. The van der Waals surface area contributed by atoms with E-state index in [4.69, 9.17) is 27.0 Å². The molecular formula is C62H53IrN5O2-2. The van der Waals surface area contributed by atoms with Gasteiger partial charge in [-0.1, -0.05) is 140 Å². The van der Waals surface area contributed by atoms with Crippen molar-refractivity contribution in [3.8, 4) is 39.6 Å². The number of hydrogen-bond acceptors (Lipinski definition) is 6. The summed E-state index contributed by atoms with van der Waals surface area (Å²) in [5.74, 6) is 1.37. The Kier molecular flexibility index (Phi) is 10.3. The molecule has 5 heterocycles. The molecule has 0 atom stereocenters. The van der Waals surface area contributed by atoms with Crippen molar-refractivity contribution in [1.82, 2.24) is 24.5 Å². The number of pyridine rings is 1. The standard InChI is InChI=1S/C48H38N3O2.C14H15N2.Ir/c1-26(2)36-24-32(30-14-8-7-9-15-30)25-37(27(3)4)43(36)51-44-33-17-11-10-16-31(33)21-23-38(44)49-47(51)35-22-20-28(5)40-42-45(53-46(35)40)29(6)41-34-18-12-13-19-39(34)52-48(41)50-42;1-14(2,3)12-9-10-15-13(16-12)11-7-5-4-6-8-11;/h7-21,23-27H,1-6H3;4-7,9-10H,1-3H3;/q2*-1;/i5D3,6D3;;. The van der Waals surface area contributed by atoms with Gasteiger partial charge in [-0.15, -0.1) is 53.6 Å². The molecule has 0 amide bonds. The summed E-state index contributed by atoms with van der Waals surface area (Å²) in [6, 6.07) is 51.9. The SMILES string of the molecule is CC(C)(C)c1ccnc(-c2[c-]cccc2)n1.[2H]C([2H])([2H])c1c2oc3c(-c4nc5ccc6ccccc6c5n4-c4c(C(C)C)cc(-c5ccccc5)cc4C(C)C)[c-]cc(C([2H])([2H])[2H])c3c2nc2oc3ccccc3c12.[Ir]. The molecule has 12 aromatic rings. The number of rotatable bonds is 6. The molecule has 0 bridgehead atoms. The summed E-state index contributed by atoms with van der Waals surface area (Å²) in [7, 11) is 0. The fourth-order valence-electron chi connectivity index (χ4n) is 9.42. The van der Waals surface area contributed by atoms with Gasteiger partial charge in [-0.05, 0) is 82.0 Å². The van der Waals surface area contributed by atoms with Crippen LogP contribution in [0.5, 0.6) is 0 Å². The zero-order valence-electron chi connectivity index (χ0n) is 45.9. The third kappa shape index (κ3) is 7.99. The number of hydrogen-bond donors (Lipinski definition) is 0. The van der Waals surface area contributed by atoms with Crippen molar-refractivity contribution in [2.75, 3.05) is 0 Å². The predicted molar refractivity (Wildman–Crippen MR) is 283 cm³/mol. The Labute approximate surface area is 430 Å². The van der Waals surface area contributed by atoms with Crippen LogP contribution < -0.4 is 0 Å². The second kappa shape index (κ2) is 18.2. The van der Waals surface area contributed by atoms with Crippen molar-refractivity contribution < 1.29 is 37.2 Å². The predicted octanol–water partition coefficient (Wildman–Crippen LogP) is 16.6. The fraction of sp³-hybridized carbons (Fsp3) is 0.194. The topological polar surface area (TPSA) is 82.8 Å². The molecule has 0 saturated carbocycles. The van der Waals surface area contributed by atoms with Crippen molar-refractivity contribution in [2.24, 2.45) is 0 Å². The van der Waals surface area contributed by atoms with Gasteiger partial charge in [-0.25, -0.2) is 4.98 Å². The van der Waals surface area contributed by atoms with Gasteiger partial charge in [-0.2, -0.15) is 0 Å². The number of fused-ring (bicyclic) bond motifs is 9. The number of aromatic nitrogens is 5.